The van der Waals surface area contributed by atoms with Gasteiger partial charge >= 0.3 is 0 Å². The van der Waals surface area contributed by atoms with E-state index in [1.807, 2.05) is 0 Å². The van der Waals surface area contributed by atoms with Crippen molar-refractivity contribution in [1.82, 2.24) is 20.4 Å². The van der Waals surface area contributed by atoms with Gasteiger partial charge in [0.25, 0.3) is 0 Å². The number of hydrogen-bond acceptors (Lipinski definition) is 5. The number of aryl methyl sites for hydroxylation is 1. The third-order valence-corrected chi connectivity index (χ3v) is 4.19. The average molecular weight is 250 g/mol. The molecule has 0 aliphatic carbocycles. The van der Waals surface area contributed by atoms with Crippen molar-refractivity contribution in [2.45, 2.75) is 39.2 Å². The molecular weight excluding hydrogens is 228 g/mol. The molecule has 3 heterocycles. The van der Waals surface area contributed by atoms with E-state index >= 15 is 0 Å². The molecule has 2 aliphatic heterocycles. The molecular formula is C13H22N4O. The Kier molecular flexibility index (Phi) is 3.35. The SMILES string of the molecule is CCCc1noc(CN2CCC3(CCNC3)C2)n1. The maximum atomic E-state index is 5.31. The number of likely N-dealkylation sites (tertiary alicyclic amines) is 1. The topological polar surface area (TPSA) is 54.2 Å². The zero-order valence-corrected chi connectivity index (χ0v) is 11.1. The van der Waals surface area contributed by atoms with E-state index in [-0.39, 0.29) is 0 Å². The second kappa shape index (κ2) is 4.97. The third kappa shape index (κ3) is 2.42. The van der Waals surface area contributed by atoms with Crippen LogP contribution < -0.4 is 5.32 Å². The van der Waals surface area contributed by atoms with Gasteiger partial charge in [-0.3, -0.25) is 4.90 Å². The van der Waals surface area contributed by atoms with Crippen molar-refractivity contribution >= 4 is 0 Å². The maximum absolute atomic E-state index is 5.31. The summed E-state index contributed by atoms with van der Waals surface area (Å²) >= 11 is 0. The van der Waals surface area contributed by atoms with E-state index in [1.165, 1.54) is 32.5 Å². The molecule has 5 nitrogen and oxygen atoms in total. The molecule has 100 valence electrons. The number of hydrogen-bond donors (Lipinski definition) is 1. The fraction of sp³-hybridized carbons (Fsp3) is 0.846. The van der Waals surface area contributed by atoms with E-state index in [1.54, 1.807) is 0 Å². The van der Waals surface area contributed by atoms with Crippen LogP contribution >= 0.6 is 0 Å². The van der Waals surface area contributed by atoms with E-state index in [0.29, 0.717) is 5.41 Å². The predicted octanol–water partition coefficient (Wildman–Crippen LogP) is 1.21. The van der Waals surface area contributed by atoms with Crippen molar-refractivity contribution in [3.05, 3.63) is 11.7 Å². The minimum atomic E-state index is 0.520. The Bertz CT molecular complexity index is 397. The van der Waals surface area contributed by atoms with Crippen LogP contribution in [-0.4, -0.2) is 41.2 Å². The van der Waals surface area contributed by atoms with E-state index in [9.17, 15) is 0 Å². The van der Waals surface area contributed by atoms with Gasteiger partial charge in [-0.2, -0.15) is 4.98 Å². The van der Waals surface area contributed by atoms with Crippen LogP contribution in [0.1, 0.15) is 37.9 Å². The molecule has 0 aromatic carbocycles. The minimum absolute atomic E-state index is 0.520. The Morgan fingerprint density at radius 2 is 2.39 bits per heavy atom. The Morgan fingerprint density at radius 1 is 1.44 bits per heavy atom. The fourth-order valence-corrected chi connectivity index (χ4v) is 3.18. The van der Waals surface area contributed by atoms with Gasteiger partial charge in [0.1, 0.15) is 0 Å². The molecule has 0 saturated carbocycles. The molecule has 1 aromatic heterocycles. The lowest BCUT2D eigenvalue weighted by atomic mass is 9.87. The van der Waals surface area contributed by atoms with Gasteiger partial charge in [0, 0.05) is 19.5 Å². The first-order valence-corrected chi connectivity index (χ1v) is 7.04. The lowest BCUT2D eigenvalue weighted by Crippen LogP contribution is -2.29. The molecule has 3 rings (SSSR count). The van der Waals surface area contributed by atoms with E-state index in [0.717, 1.165) is 37.6 Å². The first-order chi connectivity index (χ1) is 8.80. The fourth-order valence-electron chi connectivity index (χ4n) is 3.18. The summed E-state index contributed by atoms with van der Waals surface area (Å²) in [5.74, 6) is 1.63. The molecule has 2 aliphatic rings. The van der Waals surface area contributed by atoms with Gasteiger partial charge in [0.15, 0.2) is 5.82 Å². The normalized spacial score (nSPS) is 28.5. The summed E-state index contributed by atoms with van der Waals surface area (Å²) < 4.78 is 5.31. The van der Waals surface area contributed by atoms with Crippen LogP contribution in [0.3, 0.4) is 0 Å². The van der Waals surface area contributed by atoms with Crippen LogP contribution in [0, 0.1) is 5.41 Å². The summed E-state index contributed by atoms with van der Waals surface area (Å²) in [5.41, 5.74) is 0.520. The van der Waals surface area contributed by atoms with Gasteiger partial charge < -0.3 is 9.84 Å². The Morgan fingerprint density at radius 3 is 3.17 bits per heavy atom. The van der Waals surface area contributed by atoms with E-state index < -0.39 is 0 Å². The monoisotopic (exact) mass is 250 g/mol. The van der Waals surface area contributed by atoms with E-state index in [2.05, 4.69) is 27.3 Å². The number of aromatic nitrogens is 2. The maximum Gasteiger partial charge on any atom is 0.240 e. The Hall–Kier alpha value is -0.940. The van der Waals surface area contributed by atoms with Gasteiger partial charge in [-0.15, -0.1) is 0 Å². The highest BCUT2D eigenvalue weighted by Gasteiger charge is 2.40. The number of nitrogens with zero attached hydrogens (tertiary/aromatic N) is 3. The van der Waals surface area contributed by atoms with Crippen molar-refractivity contribution < 1.29 is 4.52 Å². The third-order valence-electron chi connectivity index (χ3n) is 4.19. The van der Waals surface area contributed by atoms with Gasteiger partial charge in [-0.1, -0.05) is 12.1 Å². The molecule has 2 fully saturated rings. The summed E-state index contributed by atoms with van der Waals surface area (Å²) in [4.78, 5) is 6.90. The summed E-state index contributed by atoms with van der Waals surface area (Å²) in [7, 11) is 0. The molecule has 0 amide bonds. The largest absolute Gasteiger partial charge is 0.338 e. The van der Waals surface area contributed by atoms with E-state index in [4.69, 9.17) is 4.52 Å². The van der Waals surface area contributed by atoms with Gasteiger partial charge in [-0.25, -0.2) is 0 Å². The van der Waals surface area contributed by atoms with Crippen molar-refractivity contribution in [3.8, 4) is 0 Å². The highest BCUT2D eigenvalue weighted by molar-refractivity contribution is 4.97. The summed E-state index contributed by atoms with van der Waals surface area (Å²) in [6, 6.07) is 0. The number of nitrogens with one attached hydrogen (secondary N) is 1. The molecule has 1 atom stereocenters. The van der Waals surface area contributed by atoms with Gasteiger partial charge in [-0.05, 0) is 37.8 Å². The van der Waals surface area contributed by atoms with Crippen molar-refractivity contribution in [2.24, 2.45) is 5.41 Å². The molecule has 1 N–H and O–H groups in total. The Balaban J connectivity index is 1.56. The summed E-state index contributed by atoms with van der Waals surface area (Å²) in [6.45, 7) is 7.63. The van der Waals surface area contributed by atoms with Crippen LogP contribution in [0.15, 0.2) is 4.52 Å². The van der Waals surface area contributed by atoms with Crippen molar-refractivity contribution in [2.75, 3.05) is 26.2 Å². The molecule has 18 heavy (non-hydrogen) atoms. The van der Waals surface area contributed by atoms with Crippen LogP contribution in [0.25, 0.3) is 0 Å². The molecule has 5 heteroatoms. The Labute approximate surface area is 108 Å². The van der Waals surface area contributed by atoms with Crippen molar-refractivity contribution in [3.63, 3.8) is 0 Å². The standard InChI is InChI=1S/C13H22N4O/c1-2-3-11-15-12(18-16-11)8-17-7-5-13(10-17)4-6-14-9-13/h14H,2-10H2,1H3. The van der Waals surface area contributed by atoms with Crippen LogP contribution in [0.2, 0.25) is 0 Å². The van der Waals surface area contributed by atoms with Crippen LogP contribution in [-0.2, 0) is 13.0 Å². The average Bonchev–Trinajstić information content (AvgIpc) is 3.06. The van der Waals surface area contributed by atoms with Crippen molar-refractivity contribution in [1.29, 1.82) is 0 Å². The predicted molar refractivity (Wildman–Crippen MR) is 68.1 cm³/mol. The van der Waals surface area contributed by atoms with Crippen LogP contribution in [0.4, 0.5) is 0 Å². The zero-order chi connectivity index (χ0) is 12.4. The highest BCUT2D eigenvalue weighted by Crippen LogP contribution is 2.36. The first kappa shape index (κ1) is 12.1. The summed E-state index contributed by atoms with van der Waals surface area (Å²) in [5, 5.41) is 7.49. The smallest absolute Gasteiger partial charge is 0.240 e. The highest BCUT2D eigenvalue weighted by atomic mass is 16.5. The quantitative estimate of drug-likeness (QED) is 0.870. The first-order valence-electron chi connectivity index (χ1n) is 7.04. The summed E-state index contributed by atoms with van der Waals surface area (Å²) in [6.07, 6.45) is 4.60. The molecule has 0 radical (unpaired) electrons. The second-order valence-corrected chi connectivity index (χ2v) is 5.74. The lowest BCUT2D eigenvalue weighted by Gasteiger charge is -2.21. The molecule has 1 spiro atoms. The van der Waals surface area contributed by atoms with Gasteiger partial charge in [0.05, 0.1) is 6.54 Å². The molecule has 1 aromatic rings. The molecule has 1 unspecified atom stereocenters. The second-order valence-electron chi connectivity index (χ2n) is 5.74. The number of rotatable bonds is 4. The molecule has 2 saturated heterocycles. The minimum Gasteiger partial charge on any atom is -0.338 e. The zero-order valence-electron chi connectivity index (χ0n) is 11.1. The molecule has 0 bridgehead atoms. The van der Waals surface area contributed by atoms with Crippen LogP contribution in [0.5, 0.6) is 0 Å². The lowest BCUT2D eigenvalue weighted by molar-refractivity contribution is 0.235. The van der Waals surface area contributed by atoms with Gasteiger partial charge in [0.2, 0.25) is 5.89 Å².